The van der Waals surface area contributed by atoms with Crippen molar-refractivity contribution in [2.24, 2.45) is 0 Å². The third-order valence-corrected chi connectivity index (χ3v) is 5.87. The zero-order valence-electron chi connectivity index (χ0n) is 20.5. The molecule has 0 saturated heterocycles. The normalized spacial score (nSPS) is 14.3. The van der Waals surface area contributed by atoms with Gasteiger partial charge in [-0.2, -0.15) is 0 Å². The molecule has 0 saturated carbocycles. The van der Waals surface area contributed by atoms with E-state index in [-0.39, 0.29) is 18.1 Å². The quantitative estimate of drug-likeness (QED) is 0.318. The standard InChI is InChI=1S/C26H34N2O7/c1-17(19-10-11-22(34-3)21(29)14-19)12-13-27-20(15-23(30)31)24(32)28-26(2,25(33)35-4)16-18-8-6-5-7-9-18/h5-11,14,17,20,27,29H,12-13,15-16H2,1-4H3,(H,28,32)(H,30,31)/t17?,20-,26+/m0/s1. The van der Waals surface area contributed by atoms with Crippen molar-refractivity contribution in [2.45, 2.75) is 50.6 Å². The second kappa shape index (κ2) is 12.8. The minimum Gasteiger partial charge on any atom is -0.504 e. The van der Waals surface area contributed by atoms with E-state index in [1.165, 1.54) is 14.2 Å². The smallest absolute Gasteiger partial charge is 0.331 e. The second-order valence-corrected chi connectivity index (χ2v) is 8.70. The zero-order valence-corrected chi connectivity index (χ0v) is 20.5. The SMILES string of the molecule is COC(=O)[C@@](C)(Cc1ccccc1)NC(=O)[C@H](CC(=O)O)NCCC(C)c1ccc(OC)c(O)c1. The summed E-state index contributed by atoms with van der Waals surface area (Å²) in [6, 6.07) is 13.3. The Morgan fingerprint density at radius 2 is 1.77 bits per heavy atom. The first-order valence-corrected chi connectivity index (χ1v) is 11.4. The number of rotatable bonds is 13. The summed E-state index contributed by atoms with van der Waals surface area (Å²) in [6.07, 6.45) is 0.309. The van der Waals surface area contributed by atoms with Crippen LogP contribution in [0.15, 0.2) is 48.5 Å². The molecule has 2 aromatic carbocycles. The summed E-state index contributed by atoms with van der Waals surface area (Å²) in [4.78, 5) is 37.0. The van der Waals surface area contributed by atoms with E-state index in [0.717, 1.165) is 11.1 Å². The average Bonchev–Trinajstić information content (AvgIpc) is 2.82. The number of methoxy groups -OCH3 is 2. The Morgan fingerprint density at radius 3 is 2.34 bits per heavy atom. The van der Waals surface area contributed by atoms with Gasteiger partial charge in [0.05, 0.1) is 26.7 Å². The Labute approximate surface area is 205 Å². The molecule has 35 heavy (non-hydrogen) atoms. The third kappa shape index (κ3) is 7.99. The summed E-state index contributed by atoms with van der Waals surface area (Å²) in [7, 11) is 2.71. The maximum atomic E-state index is 13.1. The minimum atomic E-state index is -1.38. The molecule has 0 fully saturated rings. The zero-order chi connectivity index (χ0) is 26.0. The van der Waals surface area contributed by atoms with E-state index in [1.54, 1.807) is 19.1 Å². The van der Waals surface area contributed by atoms with Gasteiger partial charge >= 0.3 is 11.9 Å². The molecular weight excluding hydrogens is 452 g/mol. The lowest BCUT2D eigenvalue weighted by Crippen LogP contribution is -2.59. The van der Waals surface area contributed by atoms with Crippen molar-refractivity contribution in [3.8, 4) is 11.5 Å². The number of nitrogens with one attached hydrogen (secondary N) is 2. The number of hydrogen-bond acceptors (Lipinski definition) is 7. The van der Waals surface area contributed by atoms with Crippen molar-refractivity contribution in [1.82, 2.24) is 10.6 Å². The van der Waals surface area contributed by atoms with E-state index in [1.807, 2.05) is 43.3 Å². The molecule has 0 bridgehead atoms. The number of phenols is 1. The largest absolute Gasteiger partial charge is 0.504 e. The van der Waals surface area contributed by atoms with Crippen molar-refractivity contribution >= 4 is 17.8 Å². The van der Waals surface area contributed by atoms with Crippen molar-refractivity contribution in [3.63, 3.8) is 0 Å². The van der Waals surface area contributed by atoms with Crippen molar-refractivity contribution in [3.05, 3.63) is 59.7 Å². The number of ether oxygens (including phenoxy) is 2. The molecule has 9 nitrogen and oxygen atoms in total. The number of carboxylic acid groups (broad SMARTS) is 1. The van der Waals surface area contributed by atoms with Crippen LogP contribution in [0.5, 0.6) is 11.5 Å². The molecule has 3 atom stereocenters. The van der Waals surface area contributed by atoms with Crippen LogP contribution in [0, 0.1) is 0 Å². The van der Waals surface area contributed by atoms with Gasteiger partial charge in [-0.1, -0.05) is 43.3 Å². The number of carbonyl (C=O) groups is 3. The van der Waals surface area contributed by atoms with Gasteiger partial charge in [0, 0.05) is 6.42 Å². The monoisotopic (exact) mass is 486 g/mol. The fourth-order valence-electron chi connectivity index (χ4n) is 3.84. The lowest BCUT2D eigenvalue weighted by molar-refractivity contribution is -0.150. The molecule has 0 radical (unpaired) electrons. The molecule has 190 valence electrons. The third-order valence-electron chi connectivity index (χ3n) is 5.87. The van der Waals surface area contributed by atoms with Crippen LogP contribution >= 0.6 is 0 Å². The highest BCUT2D eigenvalue weighted by Crippen LogP contribution is 2.30. The maximum absolute atomic E-state index is 13.1. The fraction of sp³-hybridized carbons (Fsp3) is 0.423. The molecule has 0 aliphatic heterocycles. The van der Waals surface area contributed by atoms with Gasteiger partial charge < -0.3 is 30.3 Å². The molecule has 0 aliphatic rings. The number of phenolic OH excluding ortho intramolecular Hbond substituents is 1. The van der Waals surface area contributed by atoms with E-state index in [4.69, 9.17) is 9.47 Å². The number of aliphatic carboxylic acids is 1. The van der Waals surface area contributed by atoms with Gasteiger partial charge in [0.1, 0.15) is 5.54 Å². The van der Waals surface area contributed by atoms with Crippen LogP contribution in [0.3, 0.4) is 0 Å². The first-order valence-electron chi connectivity index (χ1n) is 11.4. The molecule has 2 aromatic rings. The van der Waals surface area contributed by atoms with Crippen LogP contribution < -0.4 is 15.4 Å². The van der Waals surface area contributed by atoms with Gasteiger partial charge in [-0.15, -0.1) is 0 Å². The summed E-state index contributed by atoms with van der Waals surface area (Å²) < 4.78 is 9.98. The highest BCUT2D eigenvalue weighted by molar-refractivity contribution is 5.92. The average molecular weight is 487 g/mol. The summed E-state index contributed by atoms with van der Waals surface area (Å²) >= 11 is 0. The number of amides is 1. The fourth-order valence-corrected chi connectivity index (χ4v) is 3.84. The molecule has 0 spiro atoms. The van der Waals surface area contributed by atoms with Gasteiger partial charge in [-0.05, 0) is 49.1 Å². The molecule has 1 unspecified atom stereocenters. The van der Waals surface area contributed by atoms with E-state index < -0.39 is 35.8 Å². The number of benzene rings is 2. The van der Waals surface area contributed by atoms with Gasteiger partial charge in [-0.25, -0.2) is 4.79 Å². The number of carboxylic acids is 1. The van der Waals surface area contributed by atoms with E-state index in [9.17, 15) is 24.6 Å². The van der Waals surface area contributed by atoms with Gasteiger partial charge in [0.25, 0.3) is 0 Å². The maximum Gasteiger partial charge on any atom is 0.331 e. The summed E-state index contributed by atoms with van der Waals surface area (Å²) in [6.45, 7) is 3.86. The number of aromatic hydroxyl groups is 1. The first-order chi connectivity index (χ1) is 16.6. The summed E-state index contributed by atoms with van der Waals surface area (Å²) in [5.74, 6) is -1.95. The van der Waals surface area contributed by atoms with Crippen molar-refractivity contribution in [2.75, 3.05) is 20.8 Å². The van der Waals surface area contributed by atoms with Crippen LogP contribution in [0.4, 0.5) is 0 Å². The van der Waals surface area contributed by atoms with Crippen LogP contribution in [0.25, 0.3) is 0 Å². The number of esters is 1. The highest BCUT2D eigenvalue weighted by Gasteiger charge is 2.38. The molecule has 0 aliphatic carbocycles. The number of carbonyl (C=O) groups excluding carboxylic acids is 2. The van der Waals surface area contributed by atoms with Crippen LogP contribution in [-0.2, 0) is 25.5 Å². The summed E-state index contributed by atoms with van der Waals surface area (Å²) in [5, 5.41) is 25.0. The van der Waals surface area contributed by atoms with Crippen LogP contribution in [0.2, 0.25) is 0 Å². The topological polar surface area (TPSA) is 134 Å². The van der Waals surface area contributed by atoms with Gasteiger partial charge in [0.2, 0.25) is 5.91 Å². The molecule has 1 amide bonds. The Balaban J connectivity index is 2.07. The van der Waals surface area contributed by atoms with Gasteiger partial charge in [-0.3, -0.25) is 9.59 Å². The summed E-state index contributed by atoms with van der Waals surface area (Å²) in [5.41, 5.74) is 0.324. The molecule has 4 N–H and O–H groups in total. The number of hydrogen-bond donors (Lipinski definition) is 4. The Kier molecular flexibility index (Phi) is 10.1. The van der Waals surface area contributed by atoms with E-state index in [0.29, 0.717) is 18.7 Å². The second-order valence-electron chi connectivity index (χ2n) is 8.70. The Hall–Kier alpha value is -3.59. The Morgan fingerprint density at radius 1 is 1.09 bits per heavy atom. The minimum absolute atomic E-state index is 0.0197. The lowest BCUT2D eigenvalue weighted by atomic mass is 9.92. The molecule has 9 heteroatoms. The van der Waals surface area contributed by atoms with Crippen LogP contribution in [-0.4, -0.2) is 60.4 Å². The highest BCUT2D eigenvalue weighted by atomic mass is 16.5. The predicted octanol–water partition coefficient (Wildman–Crippen LogP) is 2.62. The molecule has 0 heterocycles. The Bertz CT molecular complexity index is 1010. The van der Waals surface area contributed by atoms with Crippen LogP contribution in [0.1, 0.15) is 43.7 Å². The molecular formula is C26H34N2O7. The predicted molar refractivity (Wildman–Crippen MR) is 130 cm³/mol. The lowest BCUT2D eigenvalue weighted by Gasteiger charge is -2.30. The van der Waals surface area contributed by atoms with Crippen molar-refractivity contribution < 1.29 is 34.1 Å². The van der Waals surface area contributed by atoms with E-state index in [2.05, 4.69) is 10.6 Å². The first kappa shape index (κ1) is 27.7. The van der Waals surface area contributed by atoms with Gasteiger partial charge in [0.15, 0.2) is 11.5 Å². The molecule has 0 aromatic heterocycles. The van der Waals surface area contributed by atoms with Crippen molar-refractivity contribution in [1.29, 1.82) is 0 Å². The molecule has 2 rings (SSSR count). The van der Waals surface area contributed by atoms with E-state index >= 15 is 0 Å².